The monoisotopic (exact) mass is 2490 g/mol. The topological polar surface area (TPSA) is 190 Å². The van der Waals surface area contributed by atoms with Crippen molar-refractivity contribution in [1.29, 1.82) is 0 Å². The van der Waals surface area contributed by atoms with Crippen LogP contribution in [0.1, 0.15) is 233 Å². The van der Waals surface area contributed by atoms with Crippen molar-refractivity contribution in [3.8, 4) is 44.9 Å². The summed E-state index contributed by atoms with van der Waals surface area (Å²) in [5.74, 6) is 2.76. The molecule has 1 aliphatic rings. The second-order valence-corrected chi connectivity index (χ2v) is 39.3. The Morgan fingerprint density at radius 3 is 0.973 bits per heavy atom. The van der Waals surface area contributed by atoms with Crippen molar-refractivity contribution in [2.24, 2.45) is 41.4 Å². The van der Waals surface area contributed by atoms with Crippen molar-refractivity contribution >= 4 is 148 Å². The van der Waals surface area contributed by atoms with E-state index >= 15 is 0 Å². The van der Waals surface area contributed by atoms with Crippen LogP contribution in [0.25, 0.3) is 176 Å². The molecule has 6 aromatic heterocycles. The summed E-state index contributed by atoms with van der Waals surface area (Å²) in [7, 11) is 0. The Labute approximate surface area is 908 Å². The fourth-order valence-corrected chi connectivity index (χ4v) is 21.1. The molecule has 0 saturated heterocycles. The molecule has 0 aliphatic heterocycles. The van der Waals surface area contributed by atoms with Gasteiger partial charge >= 0.3 is 0 Å². The first-order valence-corrected chi connectivity index (χ1v) is 52.8. The molecule has 12 nitrogen and oxygen atoms in total. The van der Waals surface area contributed by atoms with E-state index in [-0.39, 0.29) is 130 Å². The number of hydrogen-bond acceptors (Lipinski definition) is 12. The molecule has 147 heavy (non-hydrogen) atoms. The molecule has 0 amide bonds. The molecule has 0 spiro atoms. The number of aromatic nitrogens is 3. The Bertz CT molecular complexity index is 7770. The van der Waals surface area contributed by atoms with Crippen LogP contribution in [0.2, 0.25) is 0 Å². The van der Waals surface area contributed by atoms with Crippen molar-refractivity contribution in [3.05, 3.63) is 330 Å². The zero-order valence-corrected chi connectivity index (χ0v) is 95.4. The van der Waals surface area contributed by atoms with Crippen LogP contribution >= 0.6 is 0 Å². The molecule has 0 bridgehead atoms. The molecular weight excluding hydrogens is 2350 g/mol. The summed E-state index contributed by atoms with van der Waals surface area (Å²) in [6.07, 6.45) is 20.8. The van der Waals surface area contributed by atoms with E-state index in [1.807, 2.05) is 119 Å². The molecule has 1 fully saturated rings. The Morgan fingerprint density at radius 2 is 0.626 bits per heavy atom. The maximum Gasteiger partial charge on any atom is 0.162 e. The smallest absolute Gasteiger partial charge is 0.162 e. The molecule has 19 aromatic rings. The van der Waals surface area contributed by atoms with E-state index in [4.69, 9.17) is 28.2 Å². The number of carbonyl (C=O) groups excluding carboxylic acids is 3. The summed E-state index contributed by atoms with van der Waals surface area (Å²) in [4.78, 5) is 50.6. The minimum atomic E-state index is 0. The minimum absolute atomic E-state index is 0. The quantitative estimate of drug-likeness (QED) is 0.0182. The van der Waals surface area contributed by atoms with E-state index < -0.39 is 0 Å². The van der Waals surface area contributed by atoms with Gasteiger partial charge in [-0.05, 0) is 216 Å². The number of hydrogen-bond donors (Lipinski definition) is 3. The van der Waals surface area contributed by atoms with Crippen LogP contribution in [-0.2, 0) is 81.1 Å². The first kappa shape index (κ1) is 114. The maximum atomic E-state index is 11.7. The number of para-hydroxylation sites is 3. The molecular formula is C132H140Ir3N3O9-3. The zero-order valence-electron chi connectivity index (χ0n) is 88.2. The second-order valence-electron chi connectivity index (χ2n) is 39.3. The van der Waals surface area contributed by atoms with Crippen LogP contribution in [0.5, 0.6) is 0 Å². The van der Waals surface area contributed by atoms with E-state index in [2.05, 4.69) is 265 Å². The first-order chi connectivity index (χ1) is 69.9. The van der Waals surface area contributed by atoms with Gasteiger partial charge in [-0.2, -0.15) is 0 Å². The van der Waals surface area contributed by atoms with Gasteiger partial charge in [0.2, 0.25) is 0 Å². The van der Waals surface area contributed by atoms with Gasteiger partial charge in [0.15, 0.2) is 17.3 Å². The predicted octanol–water partition coefficient (Wildman–Crippen LogP) is 37.3. The molecule has 767 valence electrons. The summed E-state index contributed by atoms with van der Waals surface area (Å²) >= 11 is 0. The molecule has 6 heterocycles. The van der Waals surface area contributed by atoms with E-state index in [1.54, 1.807) is 0 Å². The van der Waals surface area contributed by atoms with Gasteiger partial charge in [0.05, 0.1) is 50.6 Å². The van der Waals surface area contributed by atoms with Crippen LogP contribution in [0.4, 0.5) is 0 Å². The zero-order chi connectivity index (χ0) is 102. The average molecular weight is 2490 g/mol. The standard InChI is InChI=1S/C32H20NO.C31H24NO.C30H24NO.3C13H24O2.3Ir/c1-20-17-26-24-13-7-8-14-30(24)34-32(26)27(18-20)29-19-25(21-9-3-2-4-10-21)31-23-12-6-5-11-22(23)15-16-28(31)33-29;1-19-16-25-23-12-6-7-13-29(23)33-31(25)26(17-19)28-18-24(20-8-2-3-9-20)30-22-11-5-4-10-21(22)14-15-27(30)32-28;1-18(2)14-21-17-27(31-26-13-12-20-8-4-5-9-22(20)29(21)26)25-16-19(3)15-24-23-10-6-7-11-28(23)32-30(24)25;3*1-5-10(6-2)12(14)9-13(15)11(7-3)8-4;;;/h2-17,19H,1H3;4-7,10-16,18,20H,2-3,8-9H2,1H3;4-13,15,17-18H,14H2,1-3H3;3*9-11,14H,5-8H2,1-4H3;;;/q3*-1;;;;;;. The summed E-state index contributed by atoms with van der Waals surface area (Å²) in [6, 6.07) is 98.0. The van der Waals surface area contributed by atoms with Crippen LogP contribution in [0.3, 0.4) is 0 Å². The fraction of sp³-hybridized carbons (Fsp3) is 0.318. The van der Waals surface area contributed by atoms with Crippen LogP contribution in [0, 0.1) is 80.4 Å². The number of pyridine rings is 3. The van der Waals surface area contributed by atoms with Crippen molar-refractivity contribution in [2.45, 2.75) is 233 Å². The van der Waals surface area contributed by atoms with Gasteiger partial charge in [0.25, 0.3) is 0 Å². The number of allylic oxidation sites excluding steroid dienone is 6. The van der Waals surface area contributed by atoms with Gasteiger partial charge < -0.3 is 28.6 Å². The molecule has 20 rings (SSSR count). The molecule has 13 aromatic carbocycles. The molecule has 0 atom stereocenters. The first-order valence-electron chi connectivity index (χ1n) is 52.8. The van der Waals surface area contributed by atoms with E-state index in [0.717, 1.165) is 222 Å². The number of furan rings is 3. The summed E-state index contributed by atoms with van der Waals surface area (Å²) in [6.45, 7) is 35.0. The van der Waals surface area contributed by atoms with E-state index in [1.165, 1.54) is 109 Å². The van der Waals surface area contributed by atoms with Crippen molar-refractivity contribution in [3.63, 3.8) is 0 Å². The third-order valence-electron chi connectivity index (χ3n) is 29.4. The maximum absolute atomic E-state index is 11.7. The van der Waals surface area contributed by atoms with Crippen molar-refractivity contribution < 1.29 is 103 Å². The van der Waals surface area contributed by atoms with Gasteiger partial charge in [-0.25, -0.2) is 0 Å². The summed E-state index contributed by atoms with van der Waals surface area (Å²) in [5, 5.41) is 47.3. The Morgan fingerprint density at radius 1 is 0.333 bits per heavy atom. The molecule has 3 radical (unpaired) electrons. The number of ketones is 3. The Hall–Kier alpha value is -12.2. The number of aryl methyl sites for hydroxylation is 3. The van der Waals surface area contributed by atoms with E-state index in [0.29, 0.717) is 11.8 Å². The summed E-state index contributed by atoms with van der Waals surface area (Å²) in [5.41, 5.74) is 22.2. The van der Waals surface area contributed by atoms with E-state index in [9.17, 15) is 29.7 Å². The van der Waals surface area contributed by atoms with Gasteiger partial charge in [-0.3, -0.25) is 29.3 Å². The van der Waals surface area contributed by atoms with Gasteiger partial charge in [0.1, 0.15) is 16.7 Å². The predicted molar refractivity (Wildman–Crippen MR) is 603 cm³/mol. The molecule has 0 unspecified atom stereocenters. The second kappa shape index (κ2) is 53.1. The number of benzene rings is 13. The van der Waals surface area contributed by atoms with Crippen molar-refractivity contribution in [1.82, 2.24) is 15.0 Å². The number of rotatable bonds is 28. The number of nitrogens with zero attached hydrogens (tertiary/aromatic N) is 3. The van der Waals surface area contributed by atoms with Crippen LogP contribution in [0.15, 0.2) is 297 Å². The third kappa shape index (κ3) is 25.9. The Kier molecular flexibility index (Phi) is 41.1. The number of aliphatic hydroxyl groups excluding tert-OH is 3. The van der Waals surface area contributed by atoms with Crippen LogP contribution in [-0.4, -0.2) is 47.6 Å². The fourth-order valence-electron chi connectivity index (χ4n) is 21.1. The largest absolute Gasteiger partial charge is 0.512 e. The minimum Gasteiger partial charge on any atom is -0.512 e. The summed E-state index contributed by atoms with van der Waals surface area (Å²) < 4.78 is 19.0. The van der Waals surface area contributed by atoms with Crippen molar-refractivity contribution in [2.75, 3.05) is 0 Å². The van der Waals surface area contributed by atoms with Gasteiger partial charge in [-0.15, -0.1) is 53.1 Å². The normalized spacial score (nSPS) is 12.5. The number of carbonyl (C=O) groups is 3. The number of fused-ring (bicyclic) bond motifs is 18. The molecule has 15 heteroatoms. The molecule has 3 N–H and O–H groups in total. The molecule has 1 saturated carbocycles. The molecule has 1 aliphatic carbocycles. The Balaban J connectivity index is 0.000000162. The van der Waals surface area contributed by atoms with Crippen LogP contribution < -0.4 is 0 Å². The SMILES string of the molecule is CCC(CC)C(=O)C=C(O)C(CC)CC.CCC(CC)C(=O)C=C(O)C(CC)CC.CCC(CC)C(=O)C=C(O)C(CC)CC.Cc1[c-]c(-c2cc(-c3ccccc3)c3c(ccc4ccccc43)n2)c2oc3ccccc3c2c1.Cc1[c-]c(-c2cc(C3CCCC3)c3c(ccc4ccccc43)n2)c2oc3ccccc3c2c1.Cc1[c-]c(-c2cc(CC(C)C)c3c(ccc4ccccc43)n2)c2oc3ccccc3c2c1.[Ir].[Ir].[Ir]. The average Bonchev–Trinajstić information content (AvgIpc) is 1.71. The third-order valence-corrected chi connectivity index (χ3v) is 29.4. The van der Waals surface area contributed by atoms with Gasteiger partial charge in [-0.1, -0.05) is 358 Å². The van der Waals surface area contributed by atoms with Gasteiger partial charge in [0, 0.05) is 146 Å². The number of aliphatic hydroxyl groups is 3.